The van der Waals surface area contributed by atoms with Gasteiger partial charge in [-0.1, -0.05) is 37.6 Å². The molecule has 2 aromatic rings. The van der Waals surface area contributed by atoms with Gasteiger partial charge in [-0.05, 0) is 43.5 Å². The number of hydrogen-bond acceptors (Lipinski definition) is 3. The van der Waals surface area contributed by atoms with E-state index < -0.39 is 0 Å². The van der Waals surface area contributed by atoms with Crippen molar-refractivity contribution in [3.63, 3.8) is 0 Å². The standard InChI is InChI=1S/C17H23ClN2S/c1-12(2)19-10-15(9-17-20-13(3)11-21-17)7-14-5-4-6-16(18)8-14/h4-6,8,11-12,15,19H,7,9-10H2,1-3H3. The number of benzene rings is 1. The van der Waals surface area contributed by atoms with E-state index in [2.05, 4.69) is 48.6 Å². The predicted octanol–water partition coefficient (Wildman–Crippen LogP) is 4.50. The number of aryl methyl sites for hydroxylation is 1. The zero-order chi connectivity index (χ0) is 15.2. The molecule has 1 unspecified atom stereocenters. The Hall–Kier alpha value is -0.900. The van der Waals surface area contributed by atoms with Gasteiger partial charge in [-0.2, -0.15) is 0 Å². The fourth-order valence-corrected chi connectivity index (χ4v) is 3.46. The summed E-state index contributed by atoms with van der Waals surface area (Å²) in [7, 11) is 0. The predicted molar refractivity (Wildman–Crippen MR) is 92.3 cm³/mol. The molecule has 0 fully saturated rings. The van der Waals surface area contributed by atoms with E-state index in [4.69, 9.17) is 11.6 Å². The number of aromatic nitrogens is 1. The van der Waals surface area contributed by atoms with Gasteiger partial charge in [0.15, 0.2) is 0 Å². The highest BCUT2D eigenvalue weighted by molar-refractivity contribution is 7.09. The lowest BCUT2D eigenvalue weighted by Crippen LogP contribution is -2.31. The van der Waals surface area contributed by atoms with Gasteiger partial charge >= 0.3 is 0 Å². The summed E-state index contributed by atoms with van der Waals surface area (Å²) in [5.41, 5.74) is 2.42. The minimum absolute atomic E-state index is 0.505. The molecule has 2 nitrogen and oxygen atoms in total. The highest BCUT2D eigenvalue weighted by Gasteiger charge is 2.14. The topological polar surface area (TPSA) is 24.9 Å². The lowest BCUT2D eigenvalue weighted by atomic mass is 9.96. The van der Waals surface area contributed by atoms with Gasteiger partial charge in [0.2, 0.25) is 0 Å². The van der Waals surface area contributed by atoms with Crippen LogP contribution in [0.25, 0.3) is 0 Å². The highest BCUT2D eigenvalue weighted by Crippen LogP contribution is 2.19. The van der Waals surface area contributed by atoms with Crippen LogP contribution in [0.2, 0.25) is 5.02 Å². The third-order valence-electron chi connectivity index (χ3n) is 3.36. The summed E-state index contributed by atoms with van der Waals surface area (Å²) < 4.78 is 0. The van der Waals surface area contributed by atoms with Gasteiger partial charge in [0.1, 0.15) is 0 Å². The molecule has 0 aliphatic carbocycles. The van der Waals surface area contributed by atoms with Crippen LogP contribution < -0.4 is 5.32 Å². The molecule has 1 aromatic carbocycles. The molecule has 1 atom stereocenters. The van der Waals surface area contributed by atoms with E-state index in [-0.39, 0.29) is 0 Å². The molecule has 0 bridgehead atoms. The Bertz CT molecular complexity index is 565. The molecule has 21 heavy (non-hydrogen) atoms. The summed E-state index contributed by atoms with van der Waals surface area (Å²) in [6.45, 7) is 7.43. The molecule has 114 valence electrons. The Morgan fingerprint density at radius 2 is 2.10 bits per heavy atom. The smallest absolute Gasteiger partial charge is 0.0931 e. The molecule has 2 rings (SSSR count). The minimum atomic E-state index is 0.505. The summed E-state index contributed by atoms with van der Waals surface area (Å²) in [4.78, 5) is 4.60. The van der Waals surface area contributed by atoms with Crippen LogP contribution >= 0.6 is 22.9 Å². The number of thiazole rings is 1. The first-order chi connectivity index (χ1) is 10.0. The summed E-state index contributed by atoms with van der Waals surface area (Å²) in [6.07, 6.45) is 2.05. The van der Waals surface area contributed by atoms with Crippen LogP contribution in [0, 0.1) is 12.8 Å². The summed E-state index contributed by atoms with van der Waals surface area (Å²) in [5, 5.41) is 7.72. The lowest BCUT2D eigenvalue weighted by Gasteiger charge is -2.18. The molecule has 1 aromatic heterocycles. The maximum Gasteiger partial charge on any atom is 0.0931 e. The van der Waals surface area contributed by atoms with Crippen molar-refractivity contribution in [1.82, 2.24) is 10.3 Å². The van der Waals surface area contributed by atoms with Gasteiger partial charge in [0.05, 0.1) is 5.01 Å². The maximum absolute atomic E-state index is 6.09. The summed E-state index contributed by atoms with van der Waals surface area (Å²) in [6, 6.07) is 8.68. The SMILES string of the molecule is Cc1csc(CC(CNC(C)C)Cc2cccc(Cl)c2)n1. The van der Waals surface area contributed by atoms with Gasteiger partial charge in [0.25, 0.3) is 0 Å². The van der Waals surface area contributed by atoms with Gasteiger partial charge in [-0.3, -0.25) is 0 Å². The molecule has 0 saturated heterocycles. The third kappa shape index (κ3) is 5.77. The van der Waals surface area contributed by atoms with Crippen molar-refractivity contribution in [1.29, 1.82) is 0 Å². The van der Waals surface area contributed by atoms with Gasteiger partial charge in [0, 0.05) is 28.6 Å². The van der Waals surface area contributed by atoms with Crippen LogP contribution in [-0.2, 0) is 12.8 Å². The lowest BCUT2D eigenvalue weighted by molar-refractivity contribution is 0.443. The fraction of sp³-hybridized carbons (Fsp3) is 0.471. The molecular weight excluding hydrogens is 300 g/mol. The molecule has 1 N–H and O–H groups in total. The second-order valence-electron chi connectivity index (χ2n) is 5.85. The fourth-order valence-electron chi connectivity index (χ4n) is 2.36. The van der Waals surface area contributed by atoms with Crippen molar-refractivity contribution in [3.05, 3.63) is 50.9 Å². The number of rotatable bonds is 7. The zero-order valence-electron chi connectivity index (χ0n) is 12.9. The Balaban J connectivity index is 2.04. The average Bonchev–Trinajstić information content (AvgIpc) is 2.81. The second-order valence-corrected chi connectivity index (χ2v) is 7.23. The van der Waals surface area contributed by atoms with Gasteiger partial charge in [-0.25, -0.2) is 4.98 Å². The van der Waals surface area contributed by atoms with Gasteiger partial charge in [-0.15, -0.1) is 11.3 Å². The molecule has 0 radical (unpaired) electrons. The van der Waals surface area contributed by atoms with E-state index in [1.165, 1.54) is 10.6 Å². The molecule has 0 amide bonds. The van der Waals surface area contributed by atoms with E-state index >= 15 is 0 Å². The van der Waals surface area contributed by atoms with E-state index in [1.54, 1.807) is 11.3 Å². The molecule has 0 aliphatic rings. The monoisotopic (exact) mass is 322 g/mol. The molecule has 0 aliphatic heterocycles. The van der Waals surface area contributed by atoms with Gasteiger partial charge < -0.3 is 5.32 Å². The van der Waals surface area contributed by atoms with Crippen molar-refractivity contribution in [2.75, 3.05) is 6.54 Å². The van der Waals surface area contributed by atoms with E-state index in [0.717, 1.165) is 30.1 Å². The first-order valence-electron chi connectivity index (χ1n) is 7.41. The van der Waals surface area contributed by atoms with Crippen molar-refractivity contribution < 1.29 is 0 Å². The van der Waals surface area contributed by atoms with E-state index in [1.807, 2.05) is 12.1 Å². The second kappa shape index (κ2) is 7.92. The van der Waals surface area contributed by atoms with E-state index in [0.29, 0.717) is 12.0 Å². The quantitative estimate of drug-likeness (QED) is 0.811. The van der Waals surface area contributed by atoms with Crippen molar-refractivity contribution in [3.8, 4) is 0 Å². The van der Waals surface area contributed by atoms with Crippen LogP contribution in [0.5, 0.6) is 0 Å². The average molecular weight is 323 g/mol. The summed E-state index contributed by atoms with van der Waals surface area (Å²) in [5.74, 6) is 0.538. The van der Waals surface area contributed by atoms with Crippen molar-refractivity contribution in [2.24, 2.45) is 5.92 Å². The van der Waals surface area contributed by atoms with Crippen LogP contribution in [-0.4, -0.2) is 17.6 Å². The highest BCUT2D eigenvalue weighted by atomic mass is 35.5. The first kappa shape index (κ1) is 16.5. The maximum atomic E-state index is 6.09. The van der Waals surface area contributed by atoms with Crippen molar-refractivity contribution >= 4 is 22.9 Å². The number of nitrogens with zero attached hydrogens (tertiary/aromatic N) is 1. The largest absolute Gasteiger partial charge is 0.314 e. The molecule has 0 spiro atoms. The first-order valence-corrected chi connectivity index (χ1v) is 8.67. The summed E-state index contributed by atoms with van der Waals surface area (Å²) >= 11 is 7.85. The number of nitrogens with one attached hydrogen (secondary N) is 1. The third-order valence-corrected chi connectivity index (χ3v) is 4.58. The minimum Gasteiger partial charge on any atom is -0.314 e. The normalized spacial score (nSPS) is 12.8. The number of halogens is 1. The van der Waals surface area contributed by atoms with E-state index in [9.17, 15) is 0 Å². The number of hydrogen-bond donors (Lipinski definition) is 1. The van der Waals surface area contributed by atoms with Crippen molar-refractivity contribution in [2.45, 2.75) is 39.7 Å². The Morgan fingerprint density at radius 3 is 2.71 bits per heavy atom. The molecule has 4 heteroatoms. The van der Waals surface area contributed by atoms with Crippen LogP contribution in [0.3, 0.4) is 0 Å². The van der Waals surface area contributed by atoms with Crippen LogP contribution in [0.4, 0.5) is 0 Å². The molecule has 1 heterocycles. The molecular formula is C17H23ClN2S. The molecule has 0 saturated carbocycles. The van der Waals surface area contributed by atoms with Crippen LogP contribution in [0.1, 0.15) is 30.1 Å². The zero-order valence-corrected chi connectivity index (χ0v) is 14.5. The van der Waals surface area contributed by atoms with Crippen LogP contribution in [0.15, 0.2) is 29.6 Å². The Labute approximate surface area is 136 Å². The Kier molecular flexibility index (Phi) is 6.22. The Morgan fingerprint density at radius 1 is 1.29 bits per heavy atom.